The third kappa shape index (κ3) is 4.68. The molecule has 2 unspecified atom stereocenters. The summed E-state index contributed by atoms with van der Waals surface area (Å²) in [6, 6.07) is 20.7. The summed E-state index contributed by atoms with van der Waals surface area (Å²) < 4.78 is 0. The van der Waals surface area contributed by atoms with Gasteiger partial charge >= 0.3 is 0 Å². The molecule has 0 aliphatic carbocycles. The maximum absolute atomic E-state index is 12.2. The molecule has 0 spiro atoms. The Morgan fingerprint density at radius 1 is 1.14 bits per heavy atom. The van der Waals surface area contributed by atoms with Crippen molar-refractivity contribution in [2.45, 2.75) is 44.2 Å². The van der Waals surface area contributed by atoms with Crippen molar-refractivity contribution >= 4 is 18.3 Å². The third-order valence-electron chi connectivity index (χ3n) is 5.84. The van der Waals surface area contributed by atoms with Gasteiger partial charge < -0.3 is 14.6 Å². The minimum absolute atomic E-state index is 0.279. The molecule has 1 heterocycles. The average Bonchev–Trinajstić information content (AvgIpc) is 2.75. The van der Waals surface area contributed by atoms with Crippen LogP contribution >= 0.6 is 0 Å². The molecule has 0 saturated carbocycles. The van der Waals surface area contributed by atoms with Gasteiger partial charge in [0.15, 0.2) is 0 Å². The van der Waals surface area contributed by atoms with E-state index in [9.17, 15) is 9.59 Å². The Morgan fingerprint density at radius 2 is 1.82 bits per heavy atom. The summed E-state index contributed by atoms with van der Waals surface area (Å²) in [5.74, 6) is 0. The van der Waals surface area contributed by atoms with Crippen LogP contribution in [0.3, 0.4) is 0 Å². The van der Waals surface area contributed by atoms with Crippen LogP contribution < -0.4 is 4.90 Å². The molecule has 0 N–H and O–H groups in total. The molecule has 0 amide bonds. The minimum Gasteiger partial charge on any atom is -0.358 e. The van der Waals surface area contributed by atoms with Gasteiger partial charge in [0, 0.05) is 37.8 Å². The van der Waals surface area contributed by atoms with Gasteiger partial charge in [0.05, 0.1) is 0 Å². The molecule has 4 nitrogen and oxygen atoms in total. The van der Waals surface area contributed by atoms with E-state index in [1.165, 1.54) is 5.56 Å². The van der Waals surface area contributed by atoms with E-state index in [1.54, 1.807) is 0 Å². The van der Waals surface area contributed by atoms with Gasteiger partial charge in [0.1, 0.15) is 11.8 Å². The SMILES string of the molecule is CC1CC([C]=O)(N(CCC=O)c2ccccc2)CCN1CCc1ccccc1. The highest BCUT2D eigenvalue weighted by molar-refractivity contribution is 5.74. The van der Waals surface area contributed by atoms with Gasteiger partial charge in [-0.15, -0.1) is 0 Å². The predicted octanol–water partition coefficient (Wildman–Crippen LogP) is 3.66. The van der Waals surface area contributed by atoms with E-state index < -0.39 is 5.54 Å². The number of carbonyl (C=O) groups excluding carboxylic acids is 2. The van der Waals surface area contributed by atoms with Crippen molar-refractivity contribution in [2.75, 3.05) is 24.5 Å². The molecular weight excluding hydrogens is 348 g/mol. The van der Waals surface area contributed by atoms with Crippen molar-refractivity contribution < 1.29 is 9.59 Å². The second-order valence-corrected chi connectivity index (χ2v) is 7.65. The Hall–Kier alpha value is -2.46. The normalized spacial score (nSPS) is 22.5. The fraction of sp³-hybridized carbons (Fsp3) is 0.417. The summed E-state index contributed by atoms with van der Waals surface area (Å²) in [5.41, 5.74) is 1.65. The highest BCUT2D eigenvalue weighted by atomic mass is 16.1. The standard InChI is InChI=1S/C24H29N2O2/c1-21-19-24(20-28,26(15-8-18-27)23-11-6-3-7-12-23)14-17-25(21)16-13-22-9-4-2-5-10-22/h2-7,9-12,18,21H,8,13-17,19H2,1H3. The van der Waals surface area contributed by atoms with Gasteiger partial charge in [0.25, 0.3) is 0 Å². The largest absolute Gasteiger partial charge is 0.358 e. The van der Waals surface area contributed by atoms with E-state index in [-0.39, 0.29) is 6.04 Å². The summed E-state index contributed by atoms with van der Waals surface area (Å²) in [6.07, 6.45) is 6.17. The lowest BCUT2D eigenvalue weighted by atomic mass is 9.82. The maximum Gasteiger partial charge on any atom is 0.226 e. The second kappa shape index (κ2) is 9.65. The first-order valence-corrected chi connectivity index (χ1v) is 10.1. The van der Waals surface area contributed by atoms with Crippen LogP contribution in [0, 0.1) is 0 Å². The van der Waals surface area contributed by atoms with Crippen LogP contribution in [0.25, 0.3) is 0 Å². The van der Waals surface area contributed by atoms with Crippen molar-refractivity contribution in [3.05, 3.63) is 66.2 Å². The van der Waals surface area contributed by atoms with Gasteiger partial charge in [-0.05, 0) is 43.9 Å². The van der Waals surface area contributed by atoms with E-state index in [0.717, 1.165) is 44.3 Å². The quantitative estimate of drug-likeness (QED) is 0.626. The number of nitrogens with zero attached hydrogens (tertiary/aromatic N) is 2. The number of likely N-dealkylation sites (tertiary alicyclic amines) is 1. The van der Waals surface area contributed by atoms with Crippen LogP contribution in [0.15, 0.2) is 60.7 Å². The Bertz CT molecular complexity index is 750. The van der Waals surface area contributed by atoms with Crippen LogP contribution in [-0.2, 0) is 16.0 Å². The molecule has 28 heavy (non-hydrogen) atoms. The van der Waals surface area contributed by atoms with Crippen LogP contribution in [0.1, 0.15) is 31.7 Å². The number of carbonyl (C=O) groups is 1. The van der Waals surface area contributed by atoms with Crippen LogP contribution in [0.2, 0.25) is 0 Å². The zero-order valence-corrected chi connectivity index (χ0v) is 16.6. The highest BCUT2D eigenvalue weighted by Crippen LogP contribution is 2.34. The molecule has 1 aliphatic heterocycles. The molecule has 2 aromatic carbocycles. The van der Waals surface area contributed by atoms with E-state index in [4.69, 9.17) is 0 Å². The number of anilines is 1. The van der Waals surface area contributed by atoms with Crippen molar-refractivity contribution in [1.29, 1.82) is 0 Å². The molecule has 2 aromatic rings. The molecule has 0 bridgehead atoms. The molecule has 147 valence electrons. The molecule has 1 fully saturated rings. The molecule has 1 radical (unpaired) electrons. The van der Waals surface area contributed by atoms with E-state index in [0.29, 0.717) is 13.0 Å². The Morgan fingerprint density at radius 3 is 2.43 bits per heavy atom. The van der Waals surface area contributed by atoms with E-state index in [2.05, 4.69) is 47.3 Å². The zero-order chi connectivity index (χ0) is 19.8. The lowest BCUT2D eigenvalue weighted by Gasteiger charge is -2.49. The smallest absolute Gasteiger partial charge is 0.226 e. The van der Waals surface area contributed by atoms with Crippen LogP contribution in [0.5, 0.6) is 0 Å². The topological polar surface area (TPSA) is 40.6 Å². The van der Waals surface area contributed by atoms with E-state index >= 15 is 0 Å². The van der Waals surface area contributed by atoms with Crippen LogP contribution in [-0.4, -0.2) is 48.7 Å². The molecule has 0 aromatic heterocycles. The molecule has 1 saturated heterocycles. The van der Waals surface area contributed by atoms with Gasteiger partial charge in [-0.2, -0.15) is 0 Å². The highest BCUT2D eigenvalue weighted by Gasteiger charge is 2.43. The number of hydrogen-bond acceptors (Lipinski definition) is 4. The van der Waals surface area contributed by atoms with Gasteiger partial charge in [-0.1, -0.05) is 48.5 Å². The molecule has 2 atom stereocenters. The molecular formula is C24H29N2O2. The lowest BCUT2D eigenvalue weighted by molar-refractivity contribution is -0.107. The lowest BCUT2D eigenvalue weighted by Crippen LogP contribution is -2.60. The summed E-state index contributed by atoms with van der Waals surface area (Å²) in [6.45, 7) is 4.58. The van der Waals surface area contributed by atoms with Crippen molar-refractivity contribution in [3.63, 3.8) is 0 Å². The zero-order valence-electron chi connectivity index (χ0n) is 16.6. The summed E-state index contributed by atoms with van der Waals surface area (Å²) in [5, 5.41) is 0. The number of aldehydes is 1. The van der Waals surface area contributed by atoms with Crippen molar-refractivity contribution in [3.8, 4) is 0 Å². The first-order chi connectivity index (χ1) is 13.7. The number of benzene rings is 2. The number of rotatable bonds is 9. The summed E-state index contributed by atoms with van der Waals surface area (Å²) >= 11 is 0. The fourth-order valence-corrected chi connectivity index (χ4v) is 4.29. The van der Waals surface area contributed by atoms with Crippen molar-refractivity contribution in [2.24, 2.45) is 0 Å². The summed E-state index contributed by atoms with van der Waals surface area (Å²) in [4.78, 5) is 27.8. The number of piperidine rings is 1. The number of hydrogen-bond donors (Lipinski definition) is 0. The van der Waals surface area contributed by atoms with Crippen LogP contribution in [0.4, 0.5) is 5.69 Å². The third-order valence-corrected chi connectivity index (χ3v) is 5.84. The fourth-order valence-electron chi connectivity index (χ4n) is 4.29. The number of para-hydroxylation sites is 1. The van der Waals surface area contributed by atoms with Gasteiger partial charge in [-0.25, -0.2) is 0 Å². The predicted molar refractivity (Wildman–Crippen MR) is 113 cm³/mol. The van der Waals surface area contributed by atoms with Crippen molar-refractivity contribution in [1.82, 2.24) is 4.90 Å². The Balaban J connectivity index is 1.72. The molecule has 3 rings (SSSR count). The first-order valence-electron chi connectivity index (χ1n) is 10.1. The monoisotopic (exact) mass is 377 g/mol. The average molecular weight is 378 g/mol. The Kier molecular flexibility index (Phi) is 6.99. The van der Waals surface area contributed by atoms with Gasteiger partial charge in [-0.3, -0.25) is 4.79 Å². The molecule has 1 aliphatic rings. The molecule has 4 heteroatoms. The van der Waals surface area contributed by atoms with E-state index in [1.807, 2.05) is 36.4 Å². The summed E-state index contributed by atoms with van der Waals surface area (Å²) in [7, 11) is 0. The van der Waals surface area contributed by atoms with Gasteiger partial charge in [0.2, 0.25) is 6.29 Å². The second-order valence-electron chi connectivity index (χ2n) is 7.65. The Labute approximate surface area is 168 Å². The maximum atomic E-state index is 12.2. The minimum atomic E-state index is -0.674. The first kappa shape index (κ1) is 20.3.